The minimum absolute atomic E-state index is 0.0348. The van der Waals surface area contributed by atoms with Crippen LogP contribution in [-0.2, 0) is 18.3 Å². The molecule has 0 radical (unpaired) electrons. The molecule has 2 aromatic heterocycles. The monoisotopic (exact) mass is 486 g/mol. The van der Waals surface area contributed by atoms with Gasteiger partial charge in [0.25, 0.3) is 11.8 Å². The number of carbonyl (C=O) groups is 2. The van der Waals surface area contributed by atoms with Crippen LogP contribution in [0.1, 0.15) is 51.9 Å². The lowest BCUT2D eigenvalue weighted by atomic mass is 9.86. The van der Waals surface area contributed by atoms with E-state index in [0.29, 0.717) is 42.0 Å². The van der Waals surface area contributed by atoms with Crippen LogP contribution >= 0.6 is 0 Å². The zero-order valence-electron chi connectivity index (χ0n) is 19.7. The Kier molecular flexibility index (Phi) is 4.72. The fraction of sp³-hybridized carbons (Fsp3) is 0.308. The van der Waals surface area contributed by atoms with Crippen LogP contribution in [0.3, 0.4) is 0 Å². The summed E-state index contributed by atoms with van der Waals surface area (Å²) in [6, 6.07) is 4.80. The topological polar surface area (TPSA) is 119 Å². The Balaban J connectivity index is 1.50. The smallest absolute Gasteiger partial charge is 0.269 e. The summed E-state index contributed by atoms with van der Waals surface area (Å²) < 4.78 is 18.9. The largest absolute Gasteiger partial charge is 0.369 e. The summed E-state index contributed by atoms with van der Waals surface area (Å²) in [6.07, 6.45) is 4.94. The van der Waals surface area contributed by atoms with Crippen LogP contribution in [0.5, 0.6) is 0 Å². The van der Waals surface area contributed by atoms with Crippen molar-refractivity contribution in [1.82, 2.24) is 24.2 Å². The lowest BCUT2D eigenvalue weighted by molar-refractivity contribution is -0.137. The molecule has 4 aliphatic rings. The molecule has 36 heavy (non-hydrogen) atoms. The highest BCUT2D eigenvalue weighted by Gasteiger charge is 2.42. The number of carbonyl (C=O) groups excluding carboxylic acids is 2. The van der Waals surface area contributed by atoms with E-state index in [2.05, 4.69) is 21.9 Å². The highest BCUT2D eigenvalue weighted by molar-refractivity contribution is 5.95. The van der Waals surface area contributed by atoms with Gasteiger partial charge in [-0.15, -0.1) is 0 Å². The van der Waals surface area contributed by atoms with Gasteiger partial charge in [-0.2, -0.15) is 5.10 Å². The summed E-state index contributed by atoms with van der Waals surface area (Å²) in [5.74, 6) is 4.06. The first kappa shape index (κ1) is 22.2. The molecule has 0 spiro atoms. The average molecular weight is 487 g/mol. The molecule has 7 rings (SSSR count). The number of hydrogen-bond donors (Lipinski definition) is 2. The van der Waals surface area contributed by atoms with E-state index in [1.165, 1.54) is 11.0 Å². The minimum atomic E-state index is -1.84. The maximum atomic E-state index is 15.1. The predicted octanol–water partition coefficient (Wildman–Crippen LogP) is 1.40. The number of aliphatic hydroxyl groups is 1. The van der Waals surface area contributed by atoms with Crippen molar-refractivity contribution in [1.29, 1.82) is 0 Å². The quantitative estimate of drug-likeness (QED) is 0.543. The van der Waals surface area contributed by atoms with Gasteiger partial charge in [0.2, 0.25) is 5.60 Å². The maximum Gasteiger partial charge on any atom is 0.269 e. The molecule has 1 aromatic carbocycles. The van der Waals surface area contributed by atoms with Gasteiger partial charge in [-0.3, -0.25) is 14.3 Å². The molecule has 0 saturated carbocycles. The number of imidazole rings is 1. The normalized spacial score (nSPS) is 21.7. The molecule has 5 heterocycles. The number of primary amides is 1. The summed E-state index contributed by atoms with van der Waals surface area (Å²) in [4.78, 5) is 30.7. The molecule has 1 saturated heterocycles. The van der Waals surface area contributed by atoms with E-state index in [4.69, 9.17) is 5.73 Å². The van der Waals surface area contributed by atoms with Gasteiger partial charge in [-0.1, -0.05) is 17.9 Å². The van der Waals surface area contributed by atoms with Gasteiger partial charge in [-0.25, -0.2) is 9.37 Å². The molecule has 9 nitrogen and oxygen atoms in total. The van der Waals surface area contributed by atoms with Crippen LogP contribution in [0.25, 0.3) is 17.0 Å². The first-order valence-corrected chi connectivity index (χ1v) is 11.6. The van der Waals surface area contributed by atoms with Gasteiger partial charge in [0.1, 0.15) is 17.3 Å². The molecule has 2 amide bonds. The van der Waals surface area contributed by atoms with Gasteiger partial charge in [0.15, 0.2) is 0 Å². The molecular formula is C26H23FN6O3. The van der Waals surface area contributed by atoms with Crippen molar-refractivity contribution in [3.05, 3.63) is 64.5 Å². The third-order valence-electron chi connectivity index (χ3n) is 7.28. The van der Waals surface area contributed by atoms with Crippen molar-refractivity contribution in [2.24, 2.45) is 12.8 Å². The lowest BCUT2D eigenvalue weighted by Crippen LogP contribution is -2.37. The number of halogens is 1. The van der Waals surface area contributed by atoms with Crippen molar-refractivity contribution in [2.45, 2.75) is 30.9 Å². The van der Waals surface area contributed by atoms with Crippen molar-refractivity contribution >= 4 is 17.4 Å². The summed E-state index contributed by atoms with van der Waals surface area (Å²) in [6.45, 7) is 0.374. The van der Waals surface area contributed by atoms with Crippen LogP contribution in [0, 0.1) is 17.7 Å². The number of hydrogen-bond acceptors (Lipinski definition) is 5. The Labute approximate surface area is 206 Å². The second-order valence-electron chi connectivity index (χ2n) is 9.52. The molecule has 3 N–H and O–H groups in total. The second-order valence-corrected chi connectivity index (χ2v) is 9.52. The average Bonchev–Trinajstić information content (AvgIpc) is 3.41. The van der Waals surface area contributed by atoms with Crippen molar-refractivity contribution in [3.63, 3.8) is 0 Å². The third-order valence-corrected chi connectivity index (χ3v) is 7.28. The number of aromatic nitrogens is 4. The van der Waals surface area contributed by atoms with Crippen molar-refractivity contribution in [2.75, 3.05) is 13.6 Å². The Hall–Kier alpha value is -4.23. The Bertz CT molecular complexity index is 1570. The SMILES string of the molecule is CN1CCC(O)(C#Cc2cc3c(cc2F)C2=CC(C2)n2c-3nc(C(N)=O)c2Cc2ccnn2C)C1=O. The van der Waals surface area contributed by atoms with E-state index in [1.807, 2.05) is 23.8 Å². The van der Waals surface area contributed by atoms with Crippen LogP contribution in [0.2, 0.25) is 0 Å². The fourth-order valence-electron chi connectivity index (χ4n) is 5.18. The predicted molar refractivity (Wildman–Crippen MR) is 128 cm³/mol. The van der Waals surface area contributed by atoms with Crippen LogP contribution < -0.4 is 5.73 Å². The molecule has 10 heteroatoms. The molecule has 3 aliphatic heterocycles. The highest BCUT2D eigenvalue weighted by Crippen LogP contribution is 2.48. The highest BCUT2D eigenvalue weighted by atomic mass is 19.1. The number of allylic oxidation sites excluding steroid dienone is 2. The van der Waals surface area contributed by atoms with E-state index in [1.54, 1.807) is 24.0 Å². The van der Waals surface area contributed by atoms with E-state index >= 15 is 4.39 Å². The first-order chi connectivity index (χ1) is 17.2. The van der Waals surface area contributed by atoms with E-state index in [9.17, 15) is 14.7 Å². The summed E-state index contributed by atoms with van der Waals surface area (Å²) >= 11 is 0. The Morgan fingerprint density at radius 2 is 2.11 bits per heavy atom. The molecule has 2 unspecified atom stereocenters. The maximum absolute atomic E-state index is 15.1. The molecule has 2 bridgehead atoms. The van der Waals surface area contributed by atoms with E-state index < -0.39 is 23.2 Å². The zero-order chi connectivity index (χ0) is 25.4. The van der Waals surface area contributed by atoms with Gasteiger partial charge in [0, 0.05) is 50.9 Å². The molecule has 182 valence electrons. The standard InChI is InChI=1S/C26H23FN6O3/c1-31-8-6-26(36,25(31)35)5-3-14-11-19-18(13-20(14)27)15-9-17(10-15)33-21(12-16-4-7-29-32(16)2)22(23(28)34)30-24(19)33/h4,7,9,11,13,17,36H,6,8,10,12H2,1-2H3,(H2,28,34). The number of benzene rings is 1. The number of likely N-dealkylation sites (tertiary alicyclic amines) is 1. The van der Waals surface area contributed by atoms with Gasteiger partial charge in [0.05, 0.1) is 17.3 Å². The van der Waals surface area contributed by atoms with Crippen LogP contribution in [0.15, 0.2) is 30.5 Å². The summed E-state index contributed by atoms with van der Waals surface area (Å²) in [5.41, 5.74) is 7.91. The number of likely N-dealkylation sites (N-methyl/N-ethyl adjacent to an activating group) is 1. The fourth-order valence-corrected chi connectivity index (χ4v) is 5.18. The van der Waals surface area contributed by atoms with E-state index in [0.717, 1.165) is 11.3 Å². The Morgan fingerprint density at radius 1 is 1.33 bits per heavy atom. The van der Waals surface area contributed by atoms with Crippen LogP contribution in [0.4, 0.5) is 4.39 Å². The van der Waals surface area contributed by atoms with Crippen molar-refractivity contribution in [3.8, 4) is 23.2 Å². The Morgan fingerprint density at radius 3 is 2.75 bits per heavy atom. The lowest BCUT2D eigenvalue weighted by Gasteiger charge is -2.26. The second kappa shape index (κ2) is 7.63. The third kappa shape index (κ3) is 3.20. The van der Waals surface area contributed by atoms with Gasteiger partial charge < -0.3 is 20.3 Å². The van der Waals surface area contributed by atoms with E-state index in [-0.39, 0.29) is 23.7 Å². The number of amides is 2. The van der Waals surface area contributed by atoms with Gasteiger partial charge in [-0.05, 0) is 35.8 Å². The zero-order valence-corrected chi connectivity index (χ0v) is 19.7. The van der Waals surface area contributed by atoms with Gasteiger partial charge >= 0.3 is 0 Å². The minimum Gasteiger partial charge on any atom is -0.369 e. The number of aryl methyl sites for hydroxylation is 1. The first-order valence-electron chi connectivity index (χ1n) is 11.6. The molecule has 3 aromatic rings. The molecule has 2 atom stereocenters. The molecular weight excluding hydrogens is 463 g/mol. The molecule has 1 fully saturated rings. The summed E-state index contributed by atoms with van der Waals surface area (Å²) in [5, 5.41) is 14.9. The van der Waals surface area contributed by atoms with Crippen molar-refractivity contribution < 1.29 is 19.1 Å². The number of rotatable bonds is 3. The number of nitrogens with zero attached hydrogens (tertiary/aromatic N) is 5. The number of nitrogens with two attached hydrogens (primary N) is 1. The van der Waals surface area contributed by atoms with Crippen LogP contribution in [-0.4, -0.2) is 60.3 Å². The molecule has 1 aliphatic carbocycles. The summed E-state index contributed by atoms with van der Waals surface area (Å²) in [7, 11) is 3.41.